The van der Waals surface area contributed by atoms with Gasteiger partial charge < -0.3 is 17.5 Å². The van der Waals surface area contributed by atoms with Gasteiger partial charge in [0.15, 0.2) is 0 Å². The smallest absolute Gasteiger partial charge is 1.00 e. The molecule has 0 saturated carbocycles. The van der Waals surface area contributed by atoms with Crippen molar-refractivity contribution in [3.05, 3.63) is 0 Å². The molecule has 0 aliphatic heterocycles. The summed E-state index contributed by atoms with van der Waals surface area (Å²) >= 11 is 0. The quantitative estimate of drug-likeness (QED) is 0.305. The fourth-order valence-corrected chi connectivity index (χ4v) is 1.34. The maximum Gasteiger partial charge on any atom is 1.00 e. The van der Waals surface area contributed by atoms with Crippen molar-refractivity contribution < 1.29 is 86.3 Å². The molecule has 0 aromatic heterocycles. The average Bonchev–Trinajstić information content (AvgIpc) is 2.23. The minimum Gasteiger partial charge on any atom is -1.00 e. The number of hydrogen-bond acceptors (Lipinski definition) is 2. The molecule has 0 fully saturated rings. The number of aliphatic carboxylic acids is 2. The van der Waals surface area contributed by atoms with Crippen LogP contribution in [-0.4, -0.2) is 52.8 Å². The van der Waals surface area contributed by atoms with Crippen LogP contribution in [0.25, 0.3) is 0 Å². The van der Waals surface area contributed by atoms with E-state index in [2.05, 4.69) is 27.7 Å². The Hall–Kier alpha value is 0.900. The molecule has 94 valence electrons. The molecule has 0 saturated heterocycles. The summed E-state index contributed by atoms with van der Waals surface area (Å²) in [6.07, 6.45) is 0. The van der Waals surface area contributed by atoms with Gasteiger partial charge in [0.05, 0.1) is 26.2 Å². The van der Waals surface area contributed by atoms with E-state index in [-0.39, 0.29) is 62.0 Å². The van der Waals surface area contributed by atoms with Gasteiger partial charge in [-0.1, -0.05) is 0 Å². The third kappa shape index (κ3) is 13.1. The zero-order valence-corrected chi connectivity index (χ0v) is 16.0. The van der Waals surface area contributed by atoms with Crippen molar-refractivity contribution in [3.8, 4) is 0 Å². The van der Waals surface area contributed by atoms with Crippen LogP contribution in [0.4, 0.5) is 0 Å². The van der Waals surface area contributed by atoms with E-state index >= 15 is 0 Å². The molecule has 7 heteroatoms. The van der Waals surface area contributed by atoms with Crippen molar-refractivity contribution in [3.63, 3.8) is 0 Å². The molecule has 0 bridgehead atoms. The summed E-state index contributed by atoms with van der Waals surface area (Å²) < 4.78 is 1.28. The van der Waals surface area contributed by atoms with Crippen LogP contribution in [0.2, 0.25) is 0 Å². The van der Waals surface area contributed by atoms with Crippen LogP contribution in [0.5, 0.6) is 0 Å². The molecule has 2 N–H and O–H groups in total. The number of nitrogens with zero attached hydrogens (tertiary/aromatic N) is 1. The standard InChI is InChI=1S/C8H20N.C2H2O4.2Na.2H/c1-5-9(6-2,7-3)8-4;3-1(4)2(5)6;;;;/h5-8H2,1-4H3;(H,3,4)(H,5,6);;;;/q+1;;2*+1;2*-1. The minimum absolute atomic E-state index is 0. The van der Waals surface area contributed by atoms with E-state index in [9.17, 15) is 0 Å². The van der Waals surface area contributed by atoms with Crippen LogP contribution < -0.4 is 59.1 Å². The number of carbonyl (C=O) groups is 2. The fourth-order valence-electron chi connectivity index (χ4n) is 1.34. The van der Waals surface area contributed by atoms with Gasteiger partial charge in [-0.2, -0.15) is 0 Å². The molecule has 0 aliphatic rings. The summed E-state index contributed by atoms with van der Waals surface area (Å²) in [5.74, 6) is -3.65. The van der Waals surface area contributed by atoms with Crippen molar-refractivity contribution in [1.82, 2.24) is 0 Å². The third-order valence-corrected chi connectivity index (χ3v) is 2.87. The predicted octanol–water partition coefficient (Wildman–Crippen LogP) is -4.73. The van der Waals surface area contributed by atoms with Gasteiger partial charge in [0, 0.05) is 0 Å². The first-order valence-corrected chi connectivity index (χ1v) is 5.20. The van der Waals surface area contributed by atoms with Crippen LogP contribution in [0.1, 0.15) is 30.5 Å². The molecule has 0 radical (unpaired) electrons. The van der Waals surface area contributed by atoms with E-state index in [0.29, 0.717) is 0 Å². The molecule has 0 amide bonds. The normalized spacial score (nSPS) is 8.94. The molecule has 0 spiro atoms. The summed E-state index contributed by atoms with van der Waals surface area (Å²) in [6, 6.07) is 0. The largest absolute Gasteiger partial charge is 1.00 e. The van der Waals surface area contributed by atoms with E-state index in [4.69, 9.17) is 19.8 Å². The van der Waals surface area contributed by atoms with Crippen molar-refractivity contribution in [2.45, 2.75) is 27.7 Å². The van der Waals surface area contributed by atoms with Crippen LogP contribution in [0.15, 0.2) is 0 Å². The number of rotatable bonds is 4. The summed E-state index contributed by atoms with van der Waals surface area (Å²) in [4.78, 5) is 18.2. The van der Waals surface area contributed by atoms with Gasteiger partial charge >= 0.3 is 71.1 Å². The van der Waals surface area contributed by atoms with E-state index in [1.807, 2.05) is 0 Å². The number of carboxylic acids is 2. The molecule has 17 heavy (non-hydrogen) atoms. The minimum atomic E-state index is -1.82. The molecule has 5 nitrogen and oxygen atoms in total. The Balaban J connectivity index is -0.0000000385. The summed E-state index contributed by atoms with van der Waals surface area (Å²) in [6.45, 7) is 14.2. The molecule has 0 atom stereocenters. The van der Waals surface area contributed by atoms with Gasteiger partial charge in [0.2, 0.25) is 0 Å². The monoisotopic (exact) mass is 268 g/mol. The number of quaternary nitrogens is 1. The van der Waals surface area contributed by atoms with E-state index < -0.39 is 11.9 Å². The molecule has 0 rings (SSSR count). The zero-order chi connectivity index (χ0) is 12.5. The van der Waals surface area contributed by atoms with Crippen LogP contribution in [0, 0.1) is 0 Å². The van der Waals surface area contributed by atoms with Crippen molar-refractivity contribution in [1.29, 1.82) is 0 Å². The van der Waals surface area contributed by atoms with Gasteiger partial charge in [-0.3, -0.25) is 0 Å². The second kappa shape index (κ2) is 15.0. The second-order valence-electron chi connectivity index (χ2n) is 3.22. The van der Waals surface area contributed by atoms with Crippen LogP contribution in [0.3, 0.4) is 0 Å². The zero-order valence-electron chi connectivity index (χ0n) is 14.0. The number of hydrogen-bond donors (Lipinski definition) is 2. The molecule has 0 unspecified atom stereocenters. The van der Waals surface area contributed by atoms with E-state index in [0.717, 1.165) is 0 Å². The Morgan fingerprint density at radius 1 is 0.824 bits per heavy atom. The Morgan fingerprint density at radius 2 is 1.00 bits per heavy atom. The molecule has 0 heterocycles. The molecule has 0 aromatic rings. The van der Waals surface area contributed by atoms with Crippen molar-refractivity contribution >= 4 is 11.9 Å². The van der Waals surface area contributed by atoms with Gasteiger partial charge in [0.25, 0.3) is 0 Å². The summed E-state index contributed by atoms with van der Waals surface area (Å²) in [5.41, 5.74) is 0. The van der Waals surface area contributed by atoms with Gasteiger partial charge in [-0.15, -0.1) is 0 Å². The molecular weight excluding hydrogens is 244 g/mol. The maximum absolute atomic E-state index is 9.10. The topological polar surface area (TPSA) is 74.6 Å². The third-order valence-electron chi connectivity index (χ3n) is 2.87. The van der Waals surface area contributed by atoms with Crippen molar-refractivity contribution in [2.24, 2.45) is 0 Å². The summed E-state index contributed by atoms with van der Waals surface area (Å²) in [7, 11) is 0. The van der Waals surface area contributed by atoms with Gasteiger partial charge in [-0.25, -0.2) is 9.59 Å². The van der Waals surface area contributed by atoms with Crippen molar-refractivity contribution in [2.75, 3.05) is 26.2 Å². The SMILES string of the molecule is CC[N+](CC)(CC)CC.O=C(O)C(=O)O.[H-].[H-].[Na+].[Na+]. The van der Waals surface area contributed by atoms with Crippen LogP contribution in [-0.2, 0) is 9.59 Å². The second-order valence-corrected chi connectivity index (χ2v) is 3.22. The van der Waals surface area contributed by atoms with Crippen LogP contribution >= 0.6 is 0 Å². The van der Waals surface area contributed by atoms with Gasteiger partial charge in [0.1, 0.15) is 0 Å². The average molecular weight is 268 g/mol. The first kappa shape index (κ1) is 26.5. The predicted molar refractivity (Wildman–Crippen MR) is 59.9 cm³/mol. The molecular formula is C10H24NNa2O4+. The van der Waals surface area contributed by atoms with E-state index in [1.165, 1.54) is 30.7 Å². The molecule has 0 aromatic carbocycles. The van der Waals surface area contributed by atoms with E-state index in [1.54, 1.807) is 0 Å². The van der Waals surface area contributed by atoms with Gasteiger partial charge in [-0.05, 0) is 27.7 Å². The Bertz CT molecular complexity index is 188. The molecule has 0 aliphatic carbocycles. The first-order chi connectivity index (χ1) is 6.89. The summed E-state index contributed by atoms with van der Waals surface area (Å²) in [5, 5.41) is 14.8. The Kier molecular flexibility index (Phi) is 23.3. The number of carboxylic acid groups (broad SMARTS) is 2. The fraction of sp³-hybridized carbons (Fsp3) is 0.800. The first-order valence-electron chi connectivity index (χ1n) is 5.20. The Labute approximate surface area is 151 Å². The maximum atomic E-state index is 9.10. The Morgan fingerprint density at radius 3 is 1.00 bits per heavy atom.